The van der Waals surface area contributed by atoms with Gasteiger partial charge in [0.15, 0.2) is 5.82 Å². The van der Waals surface area contributed by atoms with Crippen molar-refractivity contribution in [3.63, 3.8) is 0 Å². The minimum atomic E-state index is -0.734. The number of aromatic nitrogens is 2. The van der Waals surface area contributed by atoms with Gasteiger partial charge in [0.05, 0.1) is 30.6 Å². The zero-order chi connectivity index (χ0) is 17.5. The number of esters is 1. The highest BCUT2D eigenvalue weighted by Crippen LogP contribution is 2.15. The number of H-pyrrole nitrogens is 1. The van der Waals surface area contributed by atoms with Gasteiger partial charge in [-0.25, -0.2) is 4.98 Å². The van der Waals surface area contributed by atoms with Crippen LogP contribution in [0.1, 0.15) is 29.8 Å². The topological polar surface area (TPSA) is 133 Å². The molecule has 0 saturated carbocycles. The molecule has 2 aromatic heterocycles. The first kappa shape index (κ1) is 16.7. The van der Waals surface area contributed by atoms with Crippen molar-refractivity contribution in [2.75, 3.05) is 6.61 Å². The van der Waals surface area contributed by atoms with Gasteiger partial charge in [0, 0.05) is 6.08 Å². The Morgan fingerprint density at radius 1 is 1.50 bits per heavy atom. The van der Waals surface area contributed by atoms with E-state index in [2.05, 4.69) is 9.97 Å². The lowest BCUT2D eigenvalue weighted by Gasteiger charge is -2.05. The highest BCUT2D eigenvalue weighted by Gasteiger charge is 2.17. The second-order valence-electron chi connectivity index (χ2n) is 4.52. The summed E-state index contributed by atoms with van der Waals surface area (Å²) in [5.41, 5.74) is -1.04. The van der Waals surface area contributed by atoms with Crippen LogP contribution in [-0.4, -0.2) is 22.5 Å². The number of furan rings is 1. The Bertz CT molecular complexity index is 911. The number of rotatable bonds is 5. The minimum Gasteiger partial charge on any atom is -0.466 e. The van der Waals surface area contributed by atoms with Gasteiger partial charge in [-0.15, -0.1) is 0 Å². The van der Waals surface area contributed by atoms with E-state index in [1.165, 1.54) is 12.3 Å². The van der Waals surface area contributed by atoms with Gasteiger partial charge in [0.25, 0.3) is 5.56 Å². The molecule has 1 N–H and O–H groups in total. The lowest BCUT2D eigenvalue weighted by atomic mass is 10.1. The van der Waals surface area contributed by atoms with Crippen LogP contribution in [-0.2, 0) is 16.0 Å². The van der Waals surface area contributed by atoms with Crippen molar-refractivity contribution >= 4 is 17.6 Å². The molecule has 8 nitrogen and oxygen atoms in total. The molecule has 0 bridgehead atoms. The summed E-state index contributed by atoms with van der Waals surface area (Å²) in [7, 11) is 0. The number of nitrogens with one attached hydrogen (secondary N) is 1. The lowest BCUT2D eigenvalue weighted by Crippen LogP contribution is -2.21. The molecule has 0 aliphatic rings. The van der Waals surface area contributed by atoms with Crippen LogP contribution in [0, 0.1) is 22.7 Å². The maximum Gasteiger partial charge on any atom is 0.311 e. The van der Waals surface area contributed by atoms with Crippen molar-refractivity contribution in [3.8, 4) is 12.1 Å². The molecule has 0 spiro atoms. The highest BCUT2D eigenvalue weighted by molar-refractivity contribution is 5.86. The lowest BCUT2D eigenvalue weighted by molar-refractivity contribution is -0.142. The molecule has 0 amide bonds. The number of ether oxygens (including phenoxy) is 1. The Morgan fingerprint density at radius 3 is 2.88 bits per heavy atom. The summed E-state index contributed by atoms with van der Waals surface area (Å²) in [5, 5.41) is 18.4. The zero-order valence-electron chi connectivity index (χ0n) is 12.7. The molecule has 0 atom stereocenters. The average Bonchev–Trinajstić information content (AvgIpc) is 3.05. The normalized spacial score (nSPS) is 10.7. The number of nitriles is 2. The predicted molar refractivity (Wildman–Crippen MR) is 82.1 cm³/mol. The molecular formula is C16H12N4O4. The first-order valence-corrected chi connectivity index (χ1v) is 6.93. The molecule has 0 fully saturated rings. The number of allylic oxidation sites excluding steroid dienone is 1. The van der Waals surface area contributed by atoms with E-state index >= 15 is 0 Å². The molecule has 120 valence electrons. The van der Waals surface area contributed by atoms with Gasteiger partial charge in [-0.1, -0.05) is 0 Å². The van der Waals surface area contributed by atoms with E-state index in [4.69, 9.17) is 14.4 Å². The number of carbonyl (C=O) groups excluding carboxylic acids is 1. The van der Waals surface area contributed by atoms with E-state index in [1.807, 2.05) is 6.07 Å². The smallest absolute Gasteiger partial charge is 0.311 e. The number of carbonyl (C=O) groups is 1. The van der Waals surface area contributed by atoms with Gasteiger partial charge in [0.1, 0.15) is 23.5 Å². The summed E-state index contributed by atoms with van der Waals surface area (Å²) < 4.78 is 9.92. The Kier molecular flexibility index (Phi) is 5.27. The van der Waals surface area contributed by atoms with Crippen LogP contribution in [0.5, 0.6) is 0 Å². The third-order valence-corrected chi connectivity index (χ3v) is 2.93. The van der Waals surface area contributed by atoms with E-state index in [0.29, 0.717) is 5.76 Å². The van der Waals surface area contributed by atoms with Crippen molar-refractivity contribution in [2.24, 2.45) is 0 Å². The molecule has 0 aliphatic carbocycles. The van der Waals surface area contributed by atoms with Gasteiger partial charge in [0.2, 0.25) is 0 Å². The molecule has 2 rings (SSSR count). The van der Waals surface area contributed by atoms with Gasteiger partial charge >= 0.3 is 5.97 Å². The third kappa shape index (κ3) is 3.76. The quantitative estimate of drug-likeness (QED) is 0.649. The summed E-state index contributed by atoms with van der Waals surface area (Å²) in [6, 6.07) is 6.87. The monoisotopic (exact) mass is 324 g/mol. The Labute approximate surface area is 136 Å². The summed E-state index contributed by atoms with van der Waals surface area (Å²) in [6.45, 7) is 1.80. The van der Waals surface area contributed by atoms with Crippen molar-refractivity contribution in [2.45, 2.75) is 13.3 Å². The number of hydrogen-bond donors (Lipinski definition) is 1. The van der Waals surface area contributed by atoms with Crippen molar-refractivity contribution in [1.82, 2.24) is 9.97 Å². The molecule has 2 heterocycles. The van der Waals surface area contributed by atoms with Crippen molar-refractivity contribution in [1.29, 1.82) is 10.5 Å². The SMILES string of the molecule is CCOC(=O)Cc1nc(/C(C#N)=C/c2ccco2)[nH]c(=O)c1C#N. The third-order valence-electron chi connectivity index (χ3n) is 2.93. The zero-order valence-corrected chi connectivity index (χ0v) is 12.7. The summed E-state index contributed by atoms with van der Waals surface area (Å²) >= 11 is 0. The van der Waals surface area contributed by atoms with Crippen LogP contribution in [0.4, 0.5) is 0 Å². The van der Waals surface area contributed by atoms with Gasteiger partial charge < -0.3 is 14.1 Å². The molecule has 0 radical (unpaired) electrons. The molecule has 24 heavy (non-hydrogen) atoms. The van der Waals surface area contributed by atoms with E-state index in [9.17, 15) is 14.9 Å². The summed E-state index contributed by atoms with van der Waals surface area (Å²) in [5.74, 6) is -0.283. The molecule has 0 saturated heterocycles. The van der Waals surface area contributed by atoms with Crippen LogP contribution in [0.3, 0.4) is 0 Å². The number of nitrogens with zero attached hydrogens (tertiary/aromatic N) is 3. The molecule has 8 heteroatoms. The highest BCUT2D eigenvalue weighted by atomic mass is 16.5. The van der Waals surface area contributed by atoms with E-state index in [0.717, 1.165) is 0 Å². The first-order valence-electron chi connectivity index (χ1n) is 6.93. The van der Waals surface area contributed by atoms with Gasteiger partial charge in [-0.05, 0) is 19.1 Å². The Balaban J connectivity index is 2.50. The van der Waals surface area contributed by atoms with Crippen molar-refractivity contribution in [3.05, 3.63) is 51.6 Å². The fourth-order valence-electron chi connectivity index (χ4n) is 1.91. The van der Waals surface area contributed by atoms with Crippen LogP contribution in [0.2, 0.25) is 0 Å². The molecular weight excluding hydrogens is 312 g/mol. The largest absolute Gasteiger partial charge is 0.466 e. The fraction of sp³-hybridized carbons (Fsp3) is 0.188. The molecule has 0 aromatic carbocycles. The summed E-state index contributed by atoms with van der Waals surface area (Å²) in [4.78, 5) is 30.1. The van der Waals surface area contributed by atoms with Crippen LogP contribution < -0.4 is 5.56 Å². The maximum atomic E-state index is 12.0. The van der Waals surface area contributed by atoms with Crippen molar-refractivity contribution < 1.29 is 13.9 Å². The fourth-order valence-corrected chi connectivity index (χ4v) is 1.91. The first-order chi connectivity index (χ1) is 11.6. The minimum absolute atomic E-state index is 0.0247. The average molecular weight is 324 g/mol. The van der Waals surface area contributed by atoms with Gasteiger partial charge in [-0.2, -0.15) is 10.5 Å². The standard InChI is InChI=1S/C16H12N4O4/c1-2-23-14(21)7-13-12(9-18)16(22)20-15(19-13)10(8-17)6-11-4-3-5-24-11/h3-6H,2,7H2,1H3,(H,19,20,22)/b10-6+. The van der Waals surface area contributed by atoms with Gasteiger partial charge in [-0.3, -0.25) is 9.59 Å². The second-order valence-corrected chi connectivity index (χ2v) is 4.52. The maximum absolute atomic E-state index is 12.0. The Morgan fingerprint density at radius 2 is 2.29 bits per heavy atom. The van der Waals surface area contributed by atoms with E-state index < -0.39 is 11.5 Å². The Hall–Kier alpha value is -3.65. The van der Waals surface area contributed by atoms with E-state index in [-0.39, 0.29) is 35.7 Å². The number of hydrogen-bond acceptors (Lipinski definition) is 7. The molecule has 0 unspecified atom stereocenters. The predicted octanol–water partition coefficient (Wildman–Crippen LogP) is 1.40. The molecule has 0 aliphatic heterocycles. The van der Waals surface area contributed by atoms with E-state index in [1.54, 1.807) is 25.1 Å². The van der Waals surface area contributed by atoms with Crippen LogP contribution in [0.15, 0.2) is 27.6 Å². The van der Waals surface area contributed by atoms with Crippen LogP contribution >= 0.6 is 0 Å². The second kappa shape index (κ2) is 7.56. The molecule has 2 aromatic rings. The van der Waals surface area contributed by atoms with Crippen LogP contribution in [0.25, 0.3) is 11.6 Å². The number of aromatic amines is 1. The summed E-state index contributed by atoms with van der Waals surface area (Å²) in [6.07, 6.45) is 2.48.